The van der Waals surface area contributed by atoms with Crippen LogP contribution in [0.15, 0.2) is 12.1 Å². The van der Waals surface area contributed by atoms with Gasteiger partial charge in [-0.15, -0.1) is 0 Å². The van der Waals surface area contributed by atoms with Crippen LogP contribution >= 0.6 is 15.9 Å². The Morgan fingerprint density at radius 1 is 1.24 bits per heavy atom. The Morgan fingerprint density at radius 2 is 1.94 bits per heavy atom. The zero-order valence-corrected chi connectivity index (χ0v) is 10.5. The van der Waals surface area contributed by atoms with Crippen molar-refractivity contribution in [3.05, 3.63) is 29.6 Å². The zero-order valence-electron chi connectivity index (χ0n) is 8.90. The van der Waals surface area contributed by atoms with E-state index < -0.39 is 29.0 Å². The maximum atomic E-state index is 13.2. The van der Waals surface area contributed by atoms with Crippen LogP contribution in [0, 0.1) is 17.5 Å². The summed E-state index contributed by atoms with van der Waals surface area (Å²) in [5, 5.41) is 2.91. The number of hydrogen-bond donors (Lipinski definition) is 1. The predicted octanol–water partition coefficient (Wildman–Crippen LogP) is 3.61. The highest BCUT2D eigenvalue weighted by atomic mass is 79.9. The largest absolute Gasteiger partial charge is 0.323 e. The van der Waals surface area contributed by atoms with E-state index in [0.29, 0.717) is 12.5 Å². The third-order valence-electron chi connectivity index (χ3n) is 2.05. The normalized spacial score (nSPS) is 10.4. The maximum absolute atomic E-state index is 13.2. The van der Waals surface area contributed by atoms with Gasteiger partial charge in [0.15, 0.2) is 11.6 Å². The molecule has 1 aromatic rings. The summed E-state index contributed by atoms with van der Waals surface area (Å²) in [4.78, 5) is 11.3. The van der Waals surface area contributed by atoms with Gasteiger partial charge in [-0.25, -0.2) is 13.2 Å². The van der Waals surface area contributed by atoms with Crippen molar-refractivity contribution in [1.82, 2.24) is 0 Å². The molecule has 1 N–H and O–H groups in total. The van der Waals surface area contributed by atoms with Crippen molar-refractivity contribution in [2.45, 2.75) is 19.3 Å². The second-order valence-corrected chi connectivity index (χ2v) is 4.24. The first kappa shape index (κ1) is 14.0. The molecule has 0 aliphatic carbocycles. The summed E-state index contributed by atoms with van der Waals surface area (Å²) in [6.07, 6.45) is 1.60. The molecule has 0 aromatic heterocycles. The molecule has 0 saturated heterocycles. The molecule has 0 atom stereocenters. The van der Waals surface area contributed by atoms with E-state index in [1.165, 1.54) is 0 Å². The van der Waals surface area contributed by atoms with Gasteiger partial charge in [-0.2, -0.15) is 0 Å². The van der Waals surface area contributed by atoms with Gasteiger partial charge < -0.3 is 5.32 Å². The van der Waals surface area contributed by atoms with Crippen molar-refractivity contribution < 1.29 is 18.0 Å². The molecular formula is C11H11BrF3NO. The second kappa shape index (κ2) is 6.64. The van der Waals surface area contributed by atoms with Crippen LogP contribution in [0.2, 0.25) is 0 Å². The first-order valence-corrected chi connectivity index (χ1v) is 6.17. The van der Waals surface area contributed by atoms with Gasteiger partial charge in [-0.1, -0.05) is 15.9 Å². The third kappa shape index (κ3) is 4.38. The van der Waals surface area contributed by atoms with Crippen molar-refractivity contribution in [3.63, 3.8) is 0 Å². The van der Waals surface area contributed by atoms with Crippen molar-refractivity contribution in [1.29, 1.82) is 0 Å². The smallest absolute Gasteiger partial charge is 0.224 e. The highest BCUT2D eigenvalue weighted by Gasteiger charge is 2.13. The summed E-state index contributed by atoms with van der Waals surface area (Å²) < 4.78 is 38.8. The summed E-state index contributed by atoms with van der Waals surface area (Å²) in [7, 11) is 0. The number of carbonyl (C=O) groups is 1. The molecule has 0 spiro atoms. The van der Waals surface area contributed by atoms with E-state index in [9.17, 15) is 18.0 Å². The molecule has 0 unspecified atom stereocenters. The predicted molar refractivity (Wildman–Crippen MR) is 62.6 cm³/mol. The average molecular weight is 310 g/mol. The van der Waals surface area contributed by atoms with E-state index in [1.807, 2.05) is 0 Å². The Hall–Kier alpha value is -1.04. The Bertz CT molecular complexity index is 412. The number of benzene rings is 1. The number of amides is 1. The molecule has 1 rings (SSSR count). The van der Waals surface area contributed by atoms with Gasteiger partial charge in [0, 0.05) is 23.9 Å². The summed E-state index contributed by atoms with van der Waals surface area (Å²) in [5.74, 6) is -3.96. The highest BCUT2D eigenvalue weighted by molar-refractivity contribution is 9.09. The van der Waals surface area contributed by atoms with Crippen LogP contribution in [0.25, 0.3) is 0 Å². The standard InChI is InChI=1S/C11H11BrF3NO/c12-4-2-1-3-10(17)16-9-6-7(13)5-8(14)11(9)15/h5-6H,1-4H2,(H,16,17). The fraction of sp³-hybridized carbons (Fsp3) is 0.364. The summed E-state index contributed by atoms with van der Waals surface area (Å²) >= 11 is 3.21. The molecule has 94 valence electrons. The molecule has 0 radical (unpaired) electrons. The molecule has 0 heterocycles. The van der Waals surface area contributed by atoms with Crippen LogP contribution in [-0.2, 0) is 4.79 Å². The van der Waals surface area contributed by atoms with Gasteiger partial charge in [0.05, 0.1) is 5.69 Å². The molecule has 0 saturated carbocycles. The van der Waals surface area contributed by atoms with Gasteiger partial charge in [0.1, 0.15) is 5.82 Å². The number of unbranched alkanes of at least 4 members (excludes halogenated alkanes) is 1. The Kier molecular flexibility index (Phi) is 5.47. The number of halogens is 4. The third-order valence-corrected chi connectivity index (χ3v) is 2.62. The quantitative estimate of drug-likeness (QED) is 0.502. The van der Waals surface area contributed by atoms with Gasteiger partial charge in [0.2, 0.25) is 5.91 Å². The number of carbonyl (C=O) groups excluding carboxylic acids is 1. The van der Waals surface area contributed by atoms with Crippen molar-refractivity contribution in [2.75, 3.05) is 10.6 Å². The summed E-state index contributed by atoms with van der Waals surface area (Å²) in [6.45, 7) is 0. The summed E-state index contributed by atoms with van der Waals surface area (Å²) in [5.41, 5.74) is -0.466. The van der Waals surface area contributed by atoms with Crippen LogP contribution in [-0.4, -0.2) is 11.2 Å². The van der Waals surface area contributed by atoms with Gasteiger partial charge in [0.25, 0.3) is 0 Å². The van der Waals surface area contributed by atoms with Crippen molar-refractivity contribution >= 4 is 27.5 Å². The van der Waals surface area contributed by atoms with E-state index in [-0.39, 0.29) is 6.42 Å². The van der Waals surface area contributed by atoms with E-state index in [2.05, 4.69) is 21.2 Å². The molecule has 0 aliphatic heterocycles. The van der Waals surface area contributed by atoms with E-state index >= 15 is 0 Å². The van der Waals surface area contributed by atoms with Crippen molar-refractivity contribution in [3.8, 4) is 0 Å². The van der Waals surface area contributed by atoms with Gasteiger partial charge >= 0.3 is 0 Å². The molecule has 0 aliphatic rings. The van der Waals surface area contributed by atoms with E-state index in [4.69, 9.17) is 0 Å². The molecule has 2 nitrogen and oxygen atoms in total. The first-order chi connectivity index (χ1) is 8.04. The van der Waals surface area contributed by atoms with Crippen LogP contribution in [0.1, 0.15) is 19.3 Å². The lowest BCUT2D eigenvalue weighted by Crippen LogP contribution is -2.13. The number of alkyl halides is 1. The lowest BCUT2D eigenvalue weighted by Gasteiger charge is -2.06. The molecular weight excluding hydrogens is 299 g/mol. The molecule has 1 aromatic carbocycles. The molecule has 6 heteroatoms. The lowest BCUT2D eigenvalue weighted by atomic mass is 10.2. The molecule has 17 heavy (non-hydrogen) atoms. The monoisotopic (exact) mass is 309 g/mol. The second-order valence-electron chi connectivity index (χ2n) is 3.44. The van der Waals surface area contributed by atoms with Gasteiger partial charge in [-0.3, -0.25) is 4.79 Å². The SMILES string of the molecule is O=C(CCCCBr)Nc1cc(F)cc(F)c1F. The first-order valence-electron chi connectivity index (χ1n) is 5.05. The number of rotatable bonds is 5. The minimum atomic E-state index is -1.32. The molecule has 1 amide bonds. The van der Waals surface area contributed by atoms with Crippen LogP contribution in [0.3, 0.4) is 0 Å². The fourth-order valence-electron chi connectivity index (χ4n) is 1.24. The zero-order chi connectivity index (χ0) is 12.8. The Balaban J connectivity index is 2.65. The number of nitrogens with one attached hydrogen (secondary N) is 1. The number of hydrogen-bond acceptors (Lipinski definition) is 1. The number of anilines is 1. The van der Waals surface area contributed by atoms with E-state index in [1.54, 1.807) is 0 Å². The Labute approximate surface area is 105 Å². The molecule has 0 fully saturated rings. The van der Waals surface area contributed by atoms with Crippen molar-refractivity contribution in [2.24, 2.45) is 0 Å². The lowest BCUT2D eigenvalue weighted by molar-refractivity contribution is -0.116. The average Bonchev–Trinajstić information content (AvgIpc) is 2.25. The topological polar surface area (TPSA) is 29.1 Å². The van der Waals surface area contributed by atoms with Crippen LogP contribution in [0.5, 0.6) is 0 Å². The highest BCUT2D eigenvalue weighted by Crippen LogP contribution is 2.19. The van der Waals surface area contributed by atoms with Gasteiger partial charge in [-0.05, 0) is 12.8 Å². The minimum Gasteiger partial charge on any atom is -0.323 e. The van der Waals surface area contributed by atoms with E-state index in [0.717, 1.165) is 17.8 Å². The Morgan fingerprint density at radius 3 is 2.59 bits per heavy atom. The summed E-state index contributed by atoms with van der Waals surface area (Å²) in [6, 6.07) is 1.18. The van der Waals surface area contributed by atoms with Crippen LogP contribution in [0.4, 0.5) is 18.9 Å². The molecule has 0 bridgehead atoms. The minimum absolute atomic E-state index is 0.184. The van der Waals surface area contributed by atoms with Crippen LogP contribution < -0.4 is 5.32 Å². The fourth-order valence-corrected chi connectivity index (χ4v) is 1.64. The maximum Gasteiger partial charge on any atom is 0.224 e.